The molecule has 2 saturated heterocycles. The summed E-state index contributed by atoms with van der Waals surface area (Å²) in [7, 11) is 0. The quantitative estimate of drug-likeness (QED) is 0.538. The van der Waals surface area contributed by atoms with Crippen molar-refractivity contribution in [2.45, 2.75) is 45.1 Å². The summed E-state index contributed by atoms with van der Waals surface area (Å²) in [4.78, 5) is 18.8. The van der Waals surface area contributed by atoms with Crippen molar-refractivity contribution in [3.63, 3.8) is 0 Å². The van der Waals surface area contributed by atoms with Crippen molar-refractivity contribution in [2.75, 3.05) is 44.3 Å². The van der Waals surface area contributed by atoms with Crippen molar-refractivity contribution in [2.24, 2.45) is 0 Å². The number of carbonyl (C=O) groups excluding carboxylic acids is 1. The average Bonchev–Trinajstić information content (AvgIpc) is 3.28. The van der Waals surface area contributed by atoms with Crippen LogP contribution in [0.1, 0.15) is 65.1 Å². The molecule has 1 aromatic heterocycles. The van der Waals surface area contributed by atoms with Crippen LogP contribution in [-0.2, 0) is 10.2 Å². The highest BCUT2D eigenvalue weighted by atomic mass is 16.5. The molecule has 2 fully saturated rings. The monoisotopic (exact) mass is 469 g/mol. The molecular weight excluding hydrogens is 438 g/mol. The van der Waals surface area contributed by atoms with E-state index >= 15 is 0 Å². The Kier molecular flexibility index (Phi) is 5.24. The first kappa shape index (κ1) is 22.3. The van der Waals surface area contributed by atoms with Crippen LogP contribution in [0.5, 0.6) is 0 Å². The van der Waals surface area contributed by atoms with Crippen LogP contribution in [0.4, 0.5) is 5.69 Å². The Morgan fingerprint density at radius 2 is 1.80 bits per heavy atom. The second-order valence-corrected chi connectivity index (χ2v) is 10.6. The highest BCUT2D eigenvalue weighted by molar-refractivity contribution is 6.19. The molecule has 180 valence electrons. The zero-order valence-corrected chi connectivity index (χ0v) is 20.7. The Labute approximate surface area is 206 Å². The van der Waals surface area contributed by atoms with Gasteiger partial charge in [0.1, 0.15) is 11.3 Å². The minimum absolute atomic E-state index is 0.0125. The van der Waals surface area contributed by atoms with Crippen LogP contribution in [0.25, 0.3) is 11.0 Å². The number of rotatable bonds is 2. The number of benzene rings is 2. The van der Waals surface area contributed by atoms with Gasteiger partial charge < -0.3 is 14.1 Å². The first-order chi connectivity index (χ1) is 16.9. The number of anilines is 1. The maximum atomic E-state index is 13.7. The molecule has 0 saturated carbocycles. The van der Waals surface area contributed by atoms with Crippen molar-refractivity contribution in [3.8, 4) is 6.07 Å². The van der Waals surface area contributed by atoms with Gasteiger partial charge in [0.25, 0.3) is 0 Å². The van der Waals surface area contributed by atoms with Crippen LogP contribution in [0.15, 0.2) is 34.7 Å². The summed E-state index contributed by atoms with van der Waals surface area (Å²) < 4.78 is 11.8. The van der Waals surface area contributed by atoms with Crippen LogP contribution in [0.3, 0.4) is 0 Å². The van der Waals surface area contributed by atoms with Gasteiger partial charge in [-0.1, -0.05) is 0 Å². The fourth-order valence-corrected chi connectivity index (χ4v) is 6.25. The molecule has 3 aromatic rings. The number of piperidine rings is 1. The first-order valence-corrected chi connectivity index (χ1v) is 12.6. The molecule has 0 amide bonds. The molecule has 1 aliphatic carbocycles. The van der Waals surface area contributed by atoms with Gasteiger partial charge in [0.2, 0.25) is 0 Å². The zero-order chi connectivity index (χ0) is 24.3. The van der Waals surface area contributed by atoms with Crippen LogP contribution in [-0.4, -0.2) is 56.1 Å². The molecule has 6 rings (SSSR count). The average molecular weight is 470 g/mol. The molecule has 0 unspecified atom stereocenters. The fraction of sp³-hybridized carbons (Fsp3) is 0.448. The smallest absolute Gasteiger partial charge is 0.197 e. The van der Waals surface area contributed by atoms with Crippen LogP contribution < -0.4 is 4.90 Å². The molecule has 6 nitrogen and oxygen atoms in total. The minimum atomic E-state index is -0.459. The molecular formula is C29H31N3O3. The number of carbonyl (C=O) groups is 1. The highest BCUT2D eigenvalue weighted by Gasteiger charge is 2.42. The lowest BCUT2D eigenvalue weighted by molar-refractivity contribution is 0.0115. The minimum Gasteiger partial charge on any atom is -0.459 e. The molecule has 3 aliphatic rings. The van der Waals surface area contributed by atoms with Crippen molar-refractivity contribution >= 4 is 22.4 Å². The number of morpholine rings is 1. The molecule has 0 N–H and O–H groups in total. The molecule has 0 bridgehead atoms. The van der Waals surface area contributed by atoms with Crippen molar-refractivity contribution in [3.05, 3.63) is 63.9 Å². The number of nitrogens with zero attached hydrogens (tertiary/aromatic N) is 3. The van der Waals surface area contributed by atoms with E-state index in [-0.39, 0.29) is 5.78 Å². The van der Waals surface area contributed by atoms with E-state index in [0.717, 1.165) is 74.3 Å². The van der Waals surface area contributed by atoms with Crippen molar-refractivity contribution in [1.29, 1.82) is 5.26 Å². The molecule has 0 atom stereocenters. The van der Waals surface area contributed by atoms with Crippen molar-refractivity contribution in [1.82, 2.24) is 4.90 Å². The summed E-state index contributed by atoms with van der Waals surface area (Å²) in [6, 6.07) is 12.4. The van der Waals surface area contributed by atoms with Gasteiger partial charge in [0.15, 0.2) is 5.78 Å². The molecule has 35 heavy (non-hydrogen) atoms. The first-order valence-electron chi connectivity index (χ1n) is 12.6. The standard InChI is InChI=1S/C29H31N3O3/c1-18-14-22-23(16-24(18)32-8-6-20(7-9-32)31-10-12-34-13-11-31)29(2,3)28-26(27(22)33)21-5-4-19(17-30)15-25(21)35-28/h4-5,14-16,20H,6-13H2,1-3H3. The molecule has 2 aliphatic heterocycles. The Balaban J connectivity index is 1.35. The van der Waals surface area contributed by atoms with Gasteiger partial charge in [0, 0.05) is 54.3 Å². The lowest BCUT2D eigenvalue weighted by Gasteiger charge is -2.41. The van der Waals surface area contributed by atoms with E-state index in [4.69, 9.17) is 9.15 Å². The van der Waals surface area contributed by atoms with Crippen molar-refractivity contribution < 1.29 is 13.9 Å². The number of aryl methyl sites for hydroxylation is 1. The Morgan fingerprint density at radius 3 is 2.51 bits per heavy atom. The van der Waals surface area contributed by atoms with Crippen LogP contribution >= 0.6 is 0 Å². The Hall–Kier alpha value is -3.14. The third-order valence-electron chi connectivity index (χ3n) is 8.24. The number of hydrogen-bond acceptors (Lipinski definition) is 6. The van der Waals surface area contributed by atoms with Gasteiger partial charge in [-0.25, -0.2) is 0 Å². The van der Waals surface area contributed by atoms with E-state index in [1.807, 2.05) is 6.07 Å². The van der Waals surface area contributed by atoms with E-state index in [1.54, 1.807) is 12.1 Å². The lowest BCUT2D eigenvalue weighted by atomic mass is 9.71. The van der Waals surface area contributed by atoms with Gasteiger partial charge in [-0.05, 0) is 75.1 Å². The van der Waals surface area contributed by atoms with Crippen LogP contribution in [0, 0.1) is 18.3 Å². The van der Waals surface area contributed by atoms with Gasteiger partial charge in [-0.15, -0.1) is 0 Å². The highest BCUT2D eigenvalue weighted by Crippen LogP contribution is 2.47. The van der Waals surface area contributed by atoms with E-state index in [9.17, 15) is 10.1 Å². The second kappa shape index (κ2) is 8.22. The SMILES string of the molecule is Cc1cc2c(cc1N1CCC(N3CCOCC3)CC1)C(C)(C)c1oc3cc(C#N)ccc3c1C2=O. The summed E-state index contributed by atoms with van der Waals surface area (Å²) in [5.41, 5.74) is 5.45. The predicted octanol–water partition coefficient (Wildman–Crippen LogP) is 4.78. The number of furan rings is 1. The maximum absolute atomic E-state index is 13.7. The number of hydrogen-bond donors (Lipinski definition) is 0. The normalized spacial score (nSPS) is 20.5. The number of ketones is 1. The second-order valence-electron chi connectivity index (χ2n) is 10.6. The summed E-state index contributed by atoms with van der Waals surface area (Å²) in [5, 5.41) is 10.1. The number of ether oxygens (including phenoxy) is 1. The molecule has 3 heterocycles. The Morgan fingerprint density at radius 1 is 1.06 bits per heavy atom. The summed E-state index contributed by atoms with van der Waals surface area (Å²) in [6.07, 6.45) is 2.29. The fourth-order valence-electron chi connectivity index (χ4n) is 6.25. The molecule has 2 aromatic carbocycles. The largest absolute Gasteiger partial charge is 0.459 e. The van der Waals surface area contributed by atoms with E-state index in [0.29, 0.717) is 28.5 Å². The van der Waals surface area contributed by atoms with E-state index in [2.05, 4.69) is 48.8 Å². The summed E-state index contributed by atoms with van der Waals surface area (Å²) >= 11 is 0. The van der Waals surface area contributed by atoms with Crippen LogP contribution in [0.2, 0.25) is 0 Å². The van der Waals surface area contributed by atoms with E-state index in [1.165, 1.54) is 5.69 Å². The zero-order valence-electron chi connectivity index (χ0n) is 20.7. The van der Waals surface area contributed by atoms with Gasteiger partial charge in [-0.2, -0.15) is 5.26 Å². The van der Waals surface area contributed by atoms with Gasteiger partial charge >= 0.3 is 0 Å². The Bertz CT molecular complexity index is 1370. The third-order valence-corrected chi connectivity index (χ3v) is 8.24. The lowest BCUT2D eigenvalue weighted by Crippen LogP contribution is -2.49. The molecule has 0 spiro atoms. The van der Waals surface area contributed by atoms with Gasteiger partial charge in [-0.3, -0.25) is 9.69 Å². The molecule has 0 radical (unpaired) electrons. The predicted molar refractivity (Wildman–Crippen MR) is 135 cm³/mol. The van der Waals surface area contributed by atoms with E-state index < -0.39 is 5.41 Å². The molecule has 6 heteroatoms. The maximum Gasteiger partial charge on any atom is 0.197 e. The summed E-state index contributed by atoms with van der Waals surface area (Å²) in [5.74, 6) is 0.708. The third kappa shape index (κ3) is 3.49. The summed E-state index contributed by atoms with van der Waals surface area (Å²) in [6.45, 7) is 12.2. The van der Waals surface area contributed by atoms with Gasteiger partial charge in [0.05, 0.1) is 30.4 Å². The number of fused-ring (bicyclic) bond motifs is 4. The topological polar surface area (TPSA) is 69.7 Å². The number of nitriles is 1.